The molecule has 0 atom stereocenters. The van der Waals surface area contributed by atoms with Crippen LogP contribution in [0.2, 0.25) is 0 Å². The number of carbonyl (C=O) groups excluding carboxylic acids is 2. The fourth-order valence-corrected chi connectivity index (χ4v) is 1.32. The van der Waals surface area contributed by atoms with Crippen LogP contribution in [0, 0.1) is 11.3 Å². The molecule has 21 heavy (non-hydrogen) atoms. The monoisotopic (exact) mass is 289 g/mol. The number of alkyl carbamates (subject to hydrolysis) is 1. The molecule has 0 unspecified atom stereocenters. The lowest BCUT2D eigenvalue weighted by Gasteiger charge is -2.05. The molecule has 0 spiro atoms. The molecule has 110 valence electrons. The van der Waals surface area contributed by atoms with E-state index in [2.05, 4.69) is 10.1 Å². The smallest absolute Gasteiger partial charge is 0.414 e. The Labute approximate surface area is 122 Å². The summed E-state index contributed by atoms with van der Waals surface area (Å²) in [6.07, 6.45) is 0.309. The summed E-state index contributed by atoms with van der Waals surface area (Å²) in [5.41, 5.74) is 0.409. The summed E-state index contributed by atoms with van der Waals surface area (Å²) in [7, 11) is 1.55. The third kappa shape index (κ3) is 5.24. The molecular weight excluding hydrogens is 274 g/mol. The van der Waals surface area contributed by atoms with Crippen molar-refractivity contribution >= 4 is 17.7 Å². The summed E-state index contributed by atoms with van der Waals surface area (Å²) in [5.74, 6) is -0.151. The summed E-state index contributed by atoms with van der Waals surface area (Å²) in [6, 6.07) is 8.57. The third-order valence-electron chi connectivity index (χ3n) is 2.33. The van der Waals surface area contributed by atoms with Crippen LogP contribution in [0.5, 0.6) is 5.75 Å². The van der Waals surface area contributed by atoms with Crippen LogP contribution in [0.25, 0.3) is 0 Å². The van der Waals surface area contributed by atoms with Crippen LogP contribution >= 0.6 is 0 Å². The number of hydrogen-bond acceptors (Lipinski definition) is 6. The fraction of sp³-hybridized carbons (Fsp3) is 0.214. The van der Waals surface area contributed by atoms with Gasteiger partial charge in [-0.3, -0.25) is 10.1 Å². The fourth-order valence-electron chi connectivity index (χ4n) is 1.32. The van der Waals surface area contributed by atoms with Crippen LogP contribution < -0.4 is 15.4 Å². The second-order valence-corrected chi connectivity index (χ2v) is 3.72. The topological polar surface area (TPSA) is 100 Å². The van der Waals surface area contributed by atoms with E-state index in [4.69, 9.17) is 10.00 Å². The van der Waals surface area contributed by atoms with E-state index < -0.39 is 12.0 Å². The summed E-state index contributed by atoms with van der Waals surface area (Å²) in [5, 5.41) is 13.6. The maximum Gasteiger partial charge on any atom is 0.414 e. The van der Waals surface area contributed by atoms with E-state index in [9.17, 15) is 9.59 Å². The van der Waals surface area contributed by atoms with Crippen LogP contribution in [0.4, 0.5) is 10.5 Å². The van der Waals surface area contributed by atoms with Crippen LogP contribution in [0.1, 0.15) is 6.92 Å². The minimum absolute atomic E-state index is 0.134. The molecule has 0 fully saturated rings. The van der Waals surface area contributed by atoms with Gasteiger partial charge in [-0.1, -0.05) is 0 Å². The van der Waals surface area contributed by atoms with E-state index in [0.717, 1.165) is 0 Å². The first-order valence-electron chi connectivity index (χ1n) is 6.09. The maximum atomic E-state index is 11.6. The molecule has 7 nitrogen and oxygen atoms in total. The Balaban J connectivity index is 2.68. The van der Waals surface area contributed by atoms with Gasteiger partial charge in [-0.25, -0.2) is 4.79 Å². The molecule has 7 heteroatoms. The van der Waals surface area contributed by atoms with Gasteiger partial charge < -0.3 is 14.8 Å². The van der Waals surface area contributed by atoms with Crippen molar-refractivity contribution in [1.29, 1.82) is 5.26 Å². The number of ether oxygens (including phenoxy) is 2. The standard InChI is InChI=1S/C14H15N3O4/c1-3-21-14(19)17-13(18)10(8-15)9-16-11-4-6-12(20-2)7-5-11/h4-7,9,16H,3H2,1-2H3,(H,17,18,19). The minimum atomic E-state index is -0.895. The molecule has 1 aromatic rings. The highest BCUT2D eigenvalue weighted by atomic mass is 16.5. The zero-order chi connectivity index (χ0) is 15.7. The Morgan fingerprint density at radius 3 is 2.52 bits per heavy atom. The molecule has 2 amide bonds. The second-order valence-electron chi connectivity index (χ2n) is 3.72. The SMILES string of the molecule is CCOC(=O)NC(=O)C(C#N)=CNc1ccc(OC)cc1. The highest BCUT2D eigenvalue weighted by Gasteiger charge is 2.13. The molecule has 0 aliphatic rings. The highest BCUT2D eigenvalue weighted by molar-refractivity contribution is 6.05. The van der Waals surface area contributed by atoms with Gasteiger partial charge in [-0.2, -0.15) is 5.26 Å². The van der Waals surface area contributed by atoms with Crippen molar-refractivity contribution in [2.45, 2.75) is 6.92 Å². The van der Waals surface area contributed by atoms with E-state index in [1.807, 2.05) is 5.32 Å². The molecule has 0 saturated heterocycles. The van der Waals surface area contributed by atoms with Crippen molar-refractivity contribution in [3.8, 4) is 11.8 Å². The Bertz CT molecular complexity index is 573. The first-order valence-corrected chi connectivity index (χ1v) is 6.09. The van der Waals surface area contributed by atoms with E-state index in [-0.39, 0.29) is 12.2 Å². The van der Waals surface area contributed by atoms with E-state index in [1.165, 1.54) is 6.20 Å². The number of nitriles is 1. The lowest BCUT2D eigenvalue weighted by atomic mass is 10.2. The van der Waals surface area contributed by atoms with Gasteiger partial charge in [0.05, 0.1) is 13.7 Å². The number of nitrogens with one attached hydrogen (secondary N) is 2. The lowest BCUT2D eigenvalue weighted by Crippen LogP contribution is -2.32. The Kier molecular flexibility index (Phi) is 6.28. The minimum Gasteiger partial charge on any atom is -0.497 e. The average molecular weight is 289 g/mol. The molecule has 0 aliphatic carbocycles. The quantitative estimate of drug-likeness (QED) is 0.633. The Morgan fingerprint density at radius 2 is 2.00 bits per heavy atom. The molecule has 0 aliphatic heterocycles. The van der Waals surface area contributed by atoms with Gasteiger partial charge in [-0.15, -0.1) is 0 Å². The predicted octanol–water partition coefficient (Wildman–Crippen LogP) is 1.79. The van der Waals surface area contributed by atoms with E-state index >= 15 is 0 Å². The van der Waals surface area contributed by atoms with Gasteiger partial charge in [0, 0.05) is 11.9 Å². The van der Waals surface area contributed by atoms with Gasteiger partial charge in [0.25, 0.3) is 5.91 Å². The number of hydrogen-bond donors (Lipinski definition) is 2. The van der Waals surface area contributed by atoms with E-state index in [0.29, 0.717) is 11.4 Å². The largest absolute Gasteiger partial charge is 0.497 e. The highest BCUT2D eigenvalue weighted by Crippen LogP contribution is 2.15. The molecular formula is C14H15N3O4. The first-order chi connectivity index (χ1) is 10.1. The van der Waals surface area contributed by atoms with Crippen molar-refractivity contribution in [2.24, 2.45) is 0 Å². The molecule has 1 rings (SSSR count). The molecule has 0 heterocycles. The number of benzene rings is 1. The molecule has 0 saturated carbocycles. The number of nitrogens with zero attached hydrogens (tertiary/aromatic N) is 1. The van der Waals surface area contributed by atoms with Crippen molar-refractivity contribution < 1.29 is 19.1 Å². The van der Waals surface area contributed by atoms with Crippen LogP contribution in [-0.4, -0.2) is 25.7 Å². The number of carbonyl (C=O) groups is 2. The van der Waals surface area contributed by atoms with Gasteiger partial charge >= 0.3 is 6.09 Å². The maximum absolute atomic E-state index is 11.6. The number of rotatable bonds is 5. The van der Waals surface area contributed by atoms with Gasteiger partial charge in [-0.05, 0) is 31.2 Å². The van der Waals surface area contributed by atoms with Gasteiger partial charge in [0.2, 0.25) is 0 Å². The number of imide groups is 1. The van der Waals surface area contributed by atoms with Crippen molar-refractivity contribution in [3.05, 3.63) is 36.0 Å². The van der Waals surface area contributed by atoms with Gasteiger partial charge in [0.15, 0.2) is 0 Å². The van der Waals surface area contributed by atoms with Crippen LogP contribution in [0.3, 0.4) is 0 Å². The second kappa shape index (κ2) is 8.22. The molecule has 1 aromatic carbocycles. The molecule has 0 bridgehead atoms. The number of methoxy groups -OCH3 is 1. The molecule has 2 N–H and O–H groups in total. The predicted molar refractivity (Wildman–Crippen MR) is 75.5 cm³/mol. The normalized spacial score (nSPS) is 10.2. The van der Waals surface area contributed by atoms with Crippen molar-refractivity contribution in [3.63, 3.8) is 0 Å². The lowest BCUT2D eigenvalue weighted by molar-refractivity contribution is -0.116. The average Bonchev–Trinajstić information content (AvgIpc) is 2.48. The summed E-state index contributed by atoms with van der Waals surface area (Å²) >= 11 is 0. The van der Waals surface area contributed by atoms with Crippen LogP contribution in [0.15, 0.2) is 36.0 Å². The zero-order valence-electron chi connectivity index (χ0n) is 11.7. The molecule has 0 aromatic heterocycles. The Hall–Kier alpha value is -3.01. The summed E-state index contributed by atoms with van der Waals surface area (Å²) < 4.78 is 9.56. The third-order valence-corrected chi connectivity index (χ3v) is 2.33. The number of anilines is 1. The summed E-state index contributed by atoms with van der Waals surface area (Å²) in [4.78, 5) is 22.7. The van der Waals surface area contributed by atoms with Crippen molar-refractivity contribution in [1.82, 2.24) is 5.32 Å². The summed E-state index contributed by atoms with van der Waals surface area (Å²) in [6.45, 7) is 1.74. The van der Waals surface area contributed by atoms with Crippen molar-refractivity contribution in [2.75, 3.05) is 19.0 Å². The van der Waals surface area contributed by atoms with E-state index in [1.54, 1.807) is 44.4 Å². The van der Waals surface area contributed by atoms with Gasteiger partial charge in [0.1, 0.15) is 17.4 Å². The Morgan fingerprint density at radius 1 is 1.33 bits per heavy atom. The number of amides is 2. The first kappa shape index (κ1) is 16.0. The van der Waals surface area contributed by atoms with Crippen LogP contribution in [-0.2, 0) is 9.53 Å². The molecule has 0 radical (unpaired) electrons. The zero-order valence-corrected chi connectivity index (χ0v) is 11.7.